The summed E-state index contributed by atoms with van der Waals surface area (Å²) in [6.45, 7) is 24.7. The van der Waals surface area contributed by atoms with Gasteiger partial charge in [0, 0.05) is 18.9 Å². The molecule has 6 nitrogen and oxygen atoms in total. The van der Waals surface area contributed by atoms with Crippen LogP contribution in [0.15, 0.2) is 72.8 Å². The highest BCUT2D eigenvalue weighted by Crippen LogP contribution is 2.46. The Morgan fingerprint density at radius 2 is 1.46 bits per heavy atom. The number of hydrogen-bond donors (Lipinski definition) is 1. The lowest BCUT2D eigenvalue weighted by Gasteiger charge is -2.45. The summed E-state index contributed by atoms with van der Waals surface area (Å²) in [5, 5.41) is 11.9. The zero-order valence-corrected chi connectivity index (χ0v) is 36.3. The van der Waals surface area contributed by atoms with Gasteiger partial charge in [0.15, 0.2) is 8.32 Å². The molecular formula is C44H72O6Si2. The second-order valence-corrected chi connectivity index (χ2v) is 26.3. The molecule has 0 heterocycles. The van der Waals surface area contributed by atoms with Crippen LogP contribution >= 0.6 is 0 Å². The van der Waals surface area contributed by atoms with Crippen molar-refractivity contribution < 1.29 is 28.2 Å². The number of hydrogen-bond acceptors (Lipinski definition) is 5. The Morgan fingerprint density at radius 1 is 0.846 bits per heavy atom. The molecule has 2 aromatic rings. The molecule has 0 aliphatic heterocycles. The lowest BCUT2D eigenvalue weighted by atomic mass is 9.88. The summed E-state index contributed by atoms with van der Waals surface area (Å²) in [5.74, 6) is -0.387. The molecule has 0 spiro atoms. The van der Waals surface area contributed by atoms with Gasteiger partial charge in [-0.3, -0.25) is 4.79 Å². The smallest absolute Gasteiger partial charge is 0.303 e. The van der Waals surface area contributed by atoms with Crippen molar-refractivity contribution in [1.29, 1.82) is 0 Å². The fraction of sp³-hybridized carbons (Fsp3) is 0.659. The van der Waals surface area contributed by atoms with Gasteiger partial charge in [-0.15, -0.1) is 0 Å². The molecule has 1 saturated carbocycles. The van der Waals surface area contributed by atoms with E-state index in [1.165, 1.54) is 10.4 Å². The molecule has 0 amide bonds. The molecule has 0 saturated heterocycles. The first-order valence-corrected chi connectivity index (χ1v) is 24.9. The maximum atomic E-state index is 11.4. The minimum Gasteiger partial charge on any atom is -0.481 e. The third-order valence-corrected chi connectivity index (χ3v) is 21.0. The SMILES string of the molecule is CCCCC[C@@H](/C=C/[C@@H]1[C@@H](CCCCC(=O)O)[C@@H](O[Si](C)(C)C(C)(C)C)C[C@H]1OCCOCC)O[Si](c1ccccc1)(c1ccccc1)C(C)(C)C. The molecule has 5 atom stereocenters. The lowest BCUT2D eigenvalue weighted by molar-refractivity contribution is -0.137. The molecule has 8 heteroatoms. The Balaban J connectivity index is 2.11. The third kappa shape index (κ3) is 12.2. The summed E-state index contributed by atoms with van der Waals surface area (Å²) in [4.78, 5) is 11.4. The number of rotatable bonds is 22. The number of unbranched alkanes of at least 4 members (excludes halogenated alkanes) is 3. The summed E-state index contributed by atoms with van der Waals surface area (Å²) in [6, 6.07) is 21.9. The minimum atomic E-state index is -2.79. The molecule has 1 aliphatic carbocycles. The standard InChI is InChI=1S/C44H72O6Si2/c1-11-13-16-23-35(49-52(44(6,7)8,36-24-17-14-18-25-36)37-26-19-15-20-27-37)30-31-39-38(28-21-22-29-42(45)46)41(50-51(9,10)43(3,4)5)34-40(39)48-33-32-47-12-2/h14-15,17-20,24-27,30-31,35,38-41H,11-13,16,21-23,28-29,32-34H2,1-10H3,(H,45,46)/b31-30+/t35-,38+,39+,40+,41-/m0/s1. The van der Waals surface area contributed by atoms with Gasteiger partial charge in [-0.25, -0.2) is 0 Å². The van der Waals surface area contributed by atoms with Gasteiger partial charge in [-0.1, -0.05) is 147 Å². The predicted molar refractivity (Wildman–Crippen MR) is 222 cm³/mol. The Labute approximate surface area is 319 Å². The molecule has 1 N–H and O–H groups in total. The fourth-order valence-electron chi connectivity index (χ4n) is 7.62. The van der Waals surface area contributed by atoms with Crippen LogP contribution < -0.4 is 10.4 Å². The van der Waals surface area contributed by atoms with Gasteiger partial charge in [0.1, 0.15) is 0 Å². The number of carboxylic acid groups (broad SMARTS) is 1. The summed E-state index contributed by atoms with van der Waals surface area (Å²) in [6.07, 6.45) is 12.6. The highest BCUT2D eigenvalue weighted by Gasteiger charge is 2.52. The molecule has 0 bridgehead atoms. The first-order chi connectivity index (χ1) is 24.6. The van der Waals surface area contributed by atoms with E-state index in [4.69, 9.17) is 18.3 Å². The molecular weight excluding hydrogens is 681 g/mol. The van der Waals surface area contributed by atoms with Crippen LogP contribution in [0.5, 0.6) is 0 Å². The van der Waals surface area contributed by atoms with E-state index < -0.39 is 22.6 Å². The van der Waals surface area contributed by atoms with E-state index in [-0.39, 0.29) is 46.6 Å². The highest BCUT2D eigenvalue weighted by atomic mass is 28.4. The molecule has 52 heavy (non-hydrogen) atoms. The molecule has 0 unspecified atom stereocenters. The van der Waals surface area contributed by atoms with Crippen LogP contribution in [0.25, 0.3) is 0 Å². The van der Waals surface area contributed by atoms with Crippen molar-refractivity contribution in [2.45, 2.75) is 155 Å². The second-order valence-electron chi connectivity index (χ2n) is 17.3. The molecule has 0 radical (unpaired) electrons. The molecule has 1 aliphatic rings. The van der Waals surface area contributed by atoms with Crippen LogP contribution in [-0.4, -0.2) is 65.8 Å². The molecule has 1 fully saturated rings. The van der Waals surface area contributed by atoms with Crippen LogP contribution in [0, 0.1) is 11.8 Å². The van der Waals surface area contributed by atoms with Crippen LogP contribution in [0.3, 0.4) is 0 Å². The third-order valence-electron chi connectivity index (χ3n) is 11.4. The average Bonchev–Trinajstić information content (AvgIpc) is 3.40. The van der Waals surface area contributed by atoms with E-state index in [9.17, 15) is 9.90 Å². The topological polar surface area (TPSA) is 74.2 Å². The van der Waals surface area contributed by atoms with Crippen molar-refractivity contribution in [3.63, 3.8) is 0 Å². The number of benzene rings is 2. The van der Waals surface area contributed by atoms with E-state index in [2.05, 4.69) is 134 Å². The van der Waals surface area contributed by atoms with E-state index in [1.807, 2.05) is 6.92 Å². The Morgan fingerprint density at radius 3 is 1.98 bits per heavy atom. The molecule has 292 valence electrons. The summed E-state index contributed by atoms with van der Waals surface area (Å²) < 4.78 is 27.3. The fourth-order valence-corrected chi connectivity index (χ4v) is 13.7. The number of carboxylic acids is 1. The number of aliphatic carboxylic acids is 1. The highest BCUT2D eigenvalue weighted by molar-refractivity contribution is 6.99. The maximum Gasteiger partial charge on any atom is 0.303 e. The van der Waals surface area contributed by atoms with Gasteiger partial charge in [0.2, 0.25) is 0 Å². The van der Waals surface area contributed by atoms with Crippen LogP contribution in [-0.2, 0) is 23.1 Å². The van der Waals surface area contributed by atoms with Crippen molar-refractivity contribution in [3.8, 4) is 0 Å². The van der Waals surface area contributed by atoms with Crippen LogP contribution in [0.4, 0.5) is 0 Å². The number of ether oxygens (including phenoxy) is 2. The van der Waals surface area contributed by atoms with Gasteiger partial charge in [0.05, 0.1) is 31.5 Å². The van der Waals surface area contributed by atoms with Gasteiger partial charge in [0.25, 0.3) is 8.32 Å². The van der Waals surface area contributed by atoms with Crippen molar-refractivity contribution in [2.24, 2.45) is 11.8 Å². The van der Waals surface area contributed by atoms with Crippen molar-refractivity contribution in [2.75, 3.05) is 19.8 Å². The average molecular weight is 753 g/mol. The largest absolute Gasteiger partial charge is 0.481 e. The summed E-state index contributed by atoms with van der Waals surface area (Å²) >= 11 is 0. The van der Waals surface area contributed by atoms with Crippen LogP contribution in [0.1, 0.15) is 113 Å². The summed E-state index contributed by atoms with van der Waals surface area (Å²) in [5.41, 5.74) is 0. The number of carbonyl (C=O) groups is 1. The van der Waals surface area contributed by atoms with Crippen molar-refractivity contribution >= 4 is 33.0 Å². The van der Waals surface area contributed by atoms with E-state index in [0.29, 0.717) is 26.2 Å². The second kappa shape index (κ2) is 20.6. The van der Waals surface area contributed by atoms with Gasteiger partial charge >= 0.3 is 5.97 Å². The Bertz CT molecular complexity index is 1290. The van der Waals surface area contributed by atoms with E-state index in [1.54, 1.807) is 0 Å². The van der Waals surface area contributed by atoms with Gasteiger partial charge < -0.3 is 23.4 Å². The summed E-state index contributed by atoms with van der Waals surface area (Å²) in [7, 11) is -4.88. The molecule has 0 aromatic heterocycles. The first kappa shape index (κ1) is 44.3. The van der Waals surface area contributed by atoms with Gasteiger partial charge in [-0.05, 0) is 72.1 Å². The van der Waals surface area contributed by atoms with Crippen molar-refractivity contribution in [3.05, 3.63) is 72.8 Å². The minimum absolute atomic E-state index is 0.0138. The predicted octanol–water partition coefficient (Wildman–Crippen LogP) is 10.2. The normalized spacial score (nSPS) is 20.8. The van der Waals surface area contributed by atoms with Gasteiger partial charge in [-0.2, -0.15) is 0 Å². The van der Waals surface area contributed by atoms with Crippen molar-refractivity contribution in [1.82, 2.24) is 0 Å². The molecule has 2 aromatic carbocycles. The first-order valence-electron chi connectivity index (χ1n) is 20.1. The zero-order valence-electron chi connectivity index (χ0n) is 34.3. The molecule has 3 rings (SSSR count). The van der Waals surface area contributed by atoms with Crippen LogP contribution in [0.2, 0.25) is 23.2 Å². The van der Waals surface area contributed by atoms with E-state index >= 15 is 0 Å². The monoisotopic (exact) mass is 752 g/mol. The lowest BCUT2D eigenvalue weighted by Crippen LogP contribution is -2.67. The van der Waals surface area contributed by atoms with E-state index in [0.717, 1.165) is 44.9 Å². The Hall–Kier alpha value is -2.08. The zero-order chi connectivity index (χ0) is 38.4. The maximum absolute atomic E-state index is 11.4. The quantitative estimate of drug-likeness (QED) is 0.0734. The Kier molecular flexibility index (Phi) is 17.5.